The standard InChI is InChI=1S/C37H49N3O3/c1-37(2,3)40-25-23-39(24-26-40)36(28-13-7-6-8-14-28)29-19-21-38(22-20-29)35(41)27-32(30-15-9-11-17-33(30)42-4)31-16-10-12-18-34(31)43-5/h6-18,29,32,36H,19-27H2,1-5H3. The van der Waals surface area contributed by atoms with E-state index in [1.165, 1.54) is 5.56 Å². The second-order valence-corrected chi connectivity index (χ2v) is 13.0. The van der Waals surface area contributed by atoms with Crippen molar-refractivity contribution in [3.8, 4) is 11.5 Å². The zero-order valence-corrected chi connectivity index (χ0v) is 26.7. The molecule has 6 heteroatoms. The third kappa shape index (κ3) is 7.25. The SMILES string of the molecule is COc1ccccc1C(CC(=O)N1CCC(C(c2ccccc2)N2CCN(C(C)(C)C)CC2)CC1)c1ccccc1OC. The first kappa shape index (κ1) is 31.1. The number of ether oxygens (including phenoxy) is 2. The van der Waals surface area contributed by atoms with Gasteiger partial charge in [-0.3, -0.25) is 14.6 Å². The summed E-state index contributed by atoms with van der Waals surface area (Å²) in [5.41, 5.74) is 3.63. The zero-order chi connectivity index (χ0) is 30.4. The van der Waals surface area contributed by atoms with Crippen molar-refractivity contribution in [1.29, 1.82) is 0 Å². The van der Waals surface area contributed by atoms with Gasteiger partial charge in [0.05, 0.1) is 14.2 Å². The minimum atomic E-state index is -0.159. The van der Waals surface area contributed by atoms with Gasteiger partial charge in [-0.15, -0.1) is 0 Å². The summed E-state index contributed by atoms with van der Waals surface area (Å²) in [5, 5.41) is 0. The molecule has 1 amide bonds. The minimum absolute atomic E-state index is 0.159. The number of para-hydroxylation sites is 2. The highest BCUT2D eigenvalue weighted by molar-refractivity contribution is 5.78. The molecule has 3 aromatic rings. The van der Waals surface area contributed by atoms with E-state index < -0.39 is 0 Å². The van der Waals surface area contributed by atoms with E-state index in [4.69, 9.17) is 9.47 Å². The van der Waals surface area contributed by atoms with E-state index in [1.54, 1.807) is 14.2 Å². The number of hydrogen-bond acceptors (Lipinski definition) is 5. The van der Waals surface area contributed by atoms with Crippen molar-refractivity contribution in [2.75, 3.05) is 53.5 Å². The number of rotatable bonds is 9. The van der Waals surface area contributed by atoms with Crippen LogP contribution in [0.2, 0.25) is 0 Å². The number of carbonyl (C=O) groups excluding carboxylic acids is 1. The molecule has 0 saturated carbocycles. The summed E-state index contributed by atoms with van der Waals surface area (Å²) in [6.45, 7) is 12.9. The molecular weight excluding hydrogens is 534 g/mol. The molecule has 2 saturated heterocycles. The van der Waals surface area contributed by atoms with Gasteiger partial charge in [-0.2, -0.15) is 0 Å². The molecule has 0 aliphatic carbocycles. The Bertz CT molecular complexity index is 1270. The fourth-order valence-electron chi connectivity index (χ4n) is 7.17. The maximum Gasteiger partial charge on any atom is 0.223 e. The average molecular weight is 584 g/mol. The van der Waals surface area contributed by atoms with Crippen molar-refractivity contribution >= 4 is 5.91 Å². The smallest absolute Gasteiger partial charge is 0.223 e. The fourth-order valence-corrected chi connectivity index (χ4v) is 7.17. The normalized spacial score (nSPS) is 18.0. The molecule has 2 heterocycles. The Hall–Kier alpha value is -3.35. The van der Waals surface area contributed by atoms with E-state index in [2.05, 4.69) is 77.9 Å². The molecule has 6 nitrogen and oxygen atoms in total. The Labute approximate surface area is 258 Å². The molecule has 0 spiro atoms. The molecular formula is C37H49N3O3. The Morgan fingerprint density at radius 2 is 1.26 bits per heavy atom. The quantitative estimate of drug-likeness (QED) is 0.283. The van der Waals surface area contributed by atoms with Gasteiger partial charge >= 0.3 is 0 Å². The van der Waals surface area contributed by atoms with E-state index in [1.807, 2.05) is 36.4 Å². The molecule has 0 aromatic heterocycles. The maximum absolute atomic E-state index is 14.0. The molecule has 1 unspecified atom stereocenters. The summed E-state index contributed by atoms with van der Waals surface area (Å²) < 4.78 is 11.5. The lowest BCUT2D eigenvalue weighted by Crippen LogP contribution is -2.55. The molecule has 43 heavy (non-hydrogen) atoms. The van der Waals surface area contributed by atoms with E-state index in [0.717, 1.165) is 74.7 Å². The molecule has 2 aliphatic rings. The number of piperidine rings is 1. The van der Waals surface area contributed by atoms with Gasteiger partial charge in [-0.1, -0.05) is 66.7 Å². The topological polar surface area (TPSA) is 45.2 Å². The first-order chi connectivity index (χ1) is 20.8. The highest BCUT2D eigenvalue weighted by Gasteiger charge is 2.36. The summed E-state index contributed by atoms with van der Waals surface area (Å²) in [6, 6.07) is 27.5. The van der Waals surface area contributed by atoms with Crippen LogP contribution >= 0.6 is 0 Å². The van der Waals surface area contributed by atoms with Crippen molar-refractivity contribution in [1.82, 2.24) is 14.7 Å². The summed E-state index contributed by atoms with van der Waals surface area (Å²) in [7, 11) is 3.38. The first-order valence-corrected chi connectivity index (χ1v) is 15.9. The van der Waals surface area contributed by atoms with Crippen molar-refractivity contribution < 1.29 is 14.3 Å². The van der Waals surface area contributed by atoms with E-state index in [0.29, 0.717) is 18.4 Å². The van der Waals surface area contributed by atoms with Crippen LogP contribution in [-0.4, -0.2) is 79.6 Å². The lowest BCUT2D eigenvalue weighted by Gasteiger charge is -2.47. The van der Waals surface area contributed by atoms with Crippen LogP contribution < -0.4 is 9.47 Å². The monoisotopic (exact) mass is 583 g/mol. The molecule has 3 aromatic carbocycles. The molecule has 1 atom stereocenters. The molecule has 5 rings (SSSR count). The average Bonchev–Trinajstić information content (AvgIpc) is 3.04. The van der Waals surface area contributed by atoms with Crippen molar-refractivity contribution in [2.45, 2.75) is 57.5 Å². The highest BCUT2D eigenvalue weighted by atomic mass is 16.5. The van der Waals surface area contributed by atoms with E-state index >= 15 is 0 Å². The number of nitrogens with zero attached hydrogens (tertiary/aromatic N) is 3. The van der Waals surface area contributed by atoms with Crippen LogP contribution in [0.5, 0.6) is 11.5 Å². The molecule has 230 valence electrons. The Balaban J connectivity index is 1.31. The van der Waals surface area contributed by atoms with Crippen LogP contribution in [0.4, 0.5) is 0 Å². The first-order valence-electron chi connectivity index (χ1n) is 15.9. The minimum Gasteiger partial charge on any atom is -0.496 e. The van der Waals surface area contributed by atoms with Gasteiger partial charge in [-0.25, -0.2) is 0 Å². The van der Waals surface area contributed by atoms with Gasteiger partial charge in [0.1, 0.15) is 11.5 Å². The van der Waals surface area contributed by atoms with Crippen LogP contribution in [0, 0.1) is 5.92 Å². The molecule has 0 bridgehead atoms. The lowest BCUT2D eigenvalue weighted by molar-refractivity contribution is -0.133. The van der Waals surface area contributed by atoms with Crippen molar-refractivity contribution in [2.24, 2.45) is 5.92 Å². The summed E-state index contributed by atoms with van der Waals surface area (Å²) in [4.78, 5) is 21.4. The van der Waals surface area contributed by atoms with E-state index in [9.17, 15) is 4.79 Å². The number of methoxy groups -OCH3 is 2. The summed E-state index contributed by atoms with van der Waals surface area (Å²) >= 11 is 0. The Morgan fingerprint density at radius 1 is 0.744 bits per heavy atom. The highest BCUT2D eigenvalue weighted by Crippen LogP contribution is 2.40. The zero-order valence-electron chi connectivity index (χ0n) is 26.7. The molecule has 2 aliphatic heterocycles. The van der Waals surface area contributed by atoms with Gasteiger partial charge in [0.15, 0.2) is 0 Å². The number of amides is 1. The predicted molar refractivity (Wildman–Crippen MR) is 174 cm³/mol. The third-order valence-corrected chi connectivity index (χ3v) is 9.54. The van der Waals surface area contributed by atoms with Gasteiger partial charge < -0.3 is 14.4 Å². The Morgan fingerprint density at radius 3 is 1.77 bits per heavy atom. The second-order valence-electron chi connectivity index (χ2n) is 13.0. The van der Waals surface area contributed by atoms with Gasteiger partial charge in [0.2, 0.25) is 5.91 Å². The van der Waals surface area contributed by atoms with Crippen LogP contribution in [0.15, 0.2) is 78.9 Å². The largest absolute Gasteiger partial charge is 0.496 e. The number of hydrogen-bond donors (Lipinski definition) is 0. The van der Waals surface area contributed by atoms with Crippen molar-refractivity contribution in [3.63, 3.8) is 0 Å². The predicted octanol–water partition coefficient (Wildman–Crippen LogP) is 6.62. The van der Waals surface area contributed by atoms with Crippen molar-refractivity contribution in [3.05, 3.63) is 95.6 Å². The van der Waals surface area contributed by atoms with Crippen LogP contribution in [0.1, 0.15) is 68.7 Å². The third-order valence-electron chi connectivity index (χ3n) is 9.54. The second kappa shape index (κ2) is 14.0. The van der Waals surface area contributed by atoms with Crippen LogP contribution in [0.25, 0.3) is 0 Å². The molecule has 0 N–H and O–H groups in total. The summed E-state index contributed by atoms with van der Waals surface area (Å²) in [6.07, 6.45) is 2.40. The van der Waals surface area contributed by atoms with Gasteiger partial charge in [0, 0.05) is 74.3 Å². The number of piperazine rings is 1. The van der Waals surface area contributed by atoms with Crippen LogP contribution in [-0.2, 0) is 4.79 Å². The van der Waals surface area contributed by atoms with Gasteiger partial charge in [0.25, 0.3) is 0 Å². The number of carbonyl (C=O) groups is 1. The summed E-state index contributed by atoms with van der Waals surface area (Å²) in [5.74, 6) is 2.14. The van der Waals surface area contributed by atoms with Gasteiger partial charge in [-0.05, 0) is 57.2 Å². The van der Waals surface area contributed by atoms with E-state index in [-0.39, 0.29) is 17.4 Å². The number of likely N-dealkylation sites (tertiary alicyclic amines) is 1. The fraction of sp³-hybridized carbons (Fsp3) is 0.486. The maximum atomic E-state index is 14.0. The molecule has 2 fully saturated rings. The Kier molecular flexibility index (Phi) is 10.1. The lowest BCUT2D eigenvalue weighted by atomic mass is 9.83. The van der Waals surface area contributed by atoms with Crippen LogP contribution in [0.3, 0.4) is 0 Å². The molecule has 0 radical (unpaired) electrons. The number of benzene rings is 3.